The molecule has 0 bridgehead atoms. The van der Waals surface area contributed by atoms with Gasteiger partial charge in [-0.25, -0.2) is 4.98 Å². The minimum absolute atomic E-state index is 0.101. The number of carbonyl (C=O) groups is 2. The largest absolute Gasteiger partial charge is 0.352 e. The van der Waals surface area contributed by atoms with E-state index in [0.29, 0.717) is 30.6 Å². The van der Waals surface area contributed by atoms with Gasteiger partial charge in [-0.1, -0.05) is 0 Å². The van der Waals surface area contributed by atoms with Crippen molar-refractivity contribution >= 4 is 11.8 Å². The average molecular weight is 342 g/mol. The van der Waals surface area contributed by atoms with E-state index in [1.807, 2.05) is 17.8 Å². The average Bonchev–Trinajstić information content (AvgIpc) is 3.01. The van der Waals surface area contributed by atoms with Gasteiger partial charge in [0.1, 0.15) is 5.82 Å². The van der Waals surface area contributed by atoms with Gasteiger partial charge in [0.15, 0.2) is 0 Å². The number of hydrogen-bond acceptors (Lipinski definition) is 5. The van der Waals surface area contributed by atoms with Crippen molar-refractivity contribution in [1.82, 2.24) is 30.0 Å². The molecule has 8 heteroatoms. The zero-order valence-electron chi connectivity index (χ0n) is 14.6. The van der Waals surface area contributed by atoms with E-state index in [1.54, 1.807) is 31.1 Å². The number of likely N-dealkylation sites (tertiary alicyclic amines) is 1. The van der Waals surface area contributed by atoms with Crippen LogP contribution in [0.25, 0.3) is 0 Å². The minimum Gasteiger partial charge on any atom is -0.352 e. The molecule has 1 fully saturated rings. The van der Waals surface area contributed by atoms with E-state index in [9.17, 15) is 9.59 Å². The first-order chi connectivity index (χ1) is 12.0. The molecule has 1 saturated heterocycles. The molecular formula is C17H22N6O2. The highest BCUT2D eigenvalue weighted by molar-refractivity contribution is 5.93. The van der Waals surface area contributed by atoms with E-state index in [0.717, 1.165) is 5.82 Å². The lowest BCUT2D eigenvalue weighted by atomic mass is 9.88. The van der Waals surface area contributed by atoms with Gasteiger partial charge in [-0.05, 0) is 19.4 Å². The predicted octanol–water partition coefficient (Wildman–Crippen LogP) is 0.858. The van der Waals surface area contributed by atoms with Gasteiger partial charge in [-0.15, -0.1) is 0 Å². The van der Waals surface area contributed by atoms with E-state index >= 15 is 0 Å². The van der Waals surface area contributed by atoms with Crippen LogP contribution in [0.3, 0.4) is 0 Å². The number of nitrogens with one attached hydrogen (secondary N) is 1. The molecule has 8 nitrogen and oxygen atoms in total. The number of imidazole rings is 1. The Bertz CT molecular complexity index is 787. The van der Waals surface area contributed by atoms with Crippen LogP contribution in [-0.2, 0) is 11.8 Å². The van der Waals surface area contributed by atoms with Crippen molar-refractivity contribution in [3.05, 3.63) is 41.7 Å². The molecule has 0 unspecified atom stereocenters. The second kappa shape index (κ2) is 7.00. The lowest BCUT2D eigenvalue weighted by molar-refractivity contribution is -0.137. The molecule has 2 aromatic rings. The maximum atomic E-state index is 12.4. The topological polar surface area (TPSA) is 93.0 Å². The van der Waals surface area contributed by atoms with Gasteiger partial charge in [0.05, 0.1) is 23.5 Å². The maximum absolute atomic E-state index is 12.4. The van der Waals surface area contributed by atoms with Crippen molar-refractivity contribution in [3.63, 3.8) is 0 Å². The number of rotatable bonds is 4. The molecule has 0 aromatic carbocycles. The lowest BCUT2D eigenvalue weighted by Crippen LogP contribution is -2.45. The first kappa shape index (κ1) is 17.1. The number of nitrogens with zero attached hydrogens (tertiary/aromatic N) is 5. The number of carbonyl (C=O) groups excluding carboxylic acids is 2. The van der Waals surface area contributed by atoms with Gasteiger partial charge in [-0.3, -0.25) is 9.59 Å². The van der Waals surface area contributed by atoms with Gasteiger partial charge in [0.2, 0.25) is 5.91 Å². The first-order valence-corrected chi connectivity index (χ1v) is 8.27. The smallest absolute Gasteiger partial charge is 0.252 e. The Morgan fingerprint density at radius 2 is 2.20 bits per heavy atom. The third-order valence-corrected chi connectivity index (χ3v) is 4.67. The van der Waals surface area contributed by atoms with Crippen LogP contribution >= 0.6 is 0 Å². The van der Waals surface area contributed by atoms with Crippen LogP contribution in [0.2, 0.25) is 0 Å². The molecule has 1 N–H and O–H groups in total. The van der Waals surface area contributed by atoms with Crippen LogP contribution in [0.5, 0.6) is 0 Å². The standard InChI is InChI=1S/C17H22N6O2/c1-11-8-13(10-20-21-11)17(25)19-9-12-4-5-14(24)23(3)15(12)16-18-6-7-22(16)2/h6-8,10,12,15H,4-5,9H2,1-3H3,(H,19,25)/t12-,15+/m1/s1. The molecular weight excluding hydrogens is 320 g/mol. The summed E-state index contributed by atoms with van der Waals surface area (Å²) in [4.78, 5) is 30.7. The van der Waals surface area contributed by atoms with E-state index in [-0.39, 0.29) is 23.8 Å². The van der Waals surface area contributed by atoms with E-state index in [2.05, 4.69) is 20.5 Å². The summed E-state index contributed by atoms with van der Waals surface area (Å²) >= 11 is 0. The Kier molecular flexibility index (Phi) is 4.78. The summed E-state index contributed by atoms with van der Waals surface area (Å²) < 4.78 is 1.92. The van der Waals surface area contributed by atoms with Crippen LogP contribution in [0, 0.1) is 12.8 Å². The molecule has 0 aliphatic carbocycles. The minimum atomic E-state index is -0.184. The molecule has 0 radical (unpaired) electrons. The Labute approximate surface area is 146 Å². The van der Waals surface area contributed by atoms with Crippen molar-refractivity contribution in [2.75, 3.05) is 13.6 Å². The molecule has 25 heavy (non-hydrogen) atoms. The Hall–Kier alpha value is -2.77. The van der Waals surface area contributed by atoms with E-state index < -0.39 is 0 Å². The Balaban J connectivity index is 1.74. The monoisotopic (exact) mass is 342 g/mol. The maximum Gasteiger partial charge on any atom is 0.252 e. The van der Waals surface area contributed by atoms with Gasteiger partial charge in [0, 0.05) is 45.4 Å². The molecule has 3 heterocycles. The normalized spacial score (nSPS) is 20.6. The molecule has 3 rings (SSSR count). The van der Waals surface area contributed by atoms with Crippen LogP contribution in [0.1, 0.15) is 40.8 Å². The molecule has 2 atom stereocenters. The fraction of sp³-hybridized carbons (Fsp3) is 0.471. The molecule has 0 spiro atoms. The Morgan fingerprint density at radius 3 is 2.88 bits per heavy atom. The number of aryl methyl sites for hydroxylation is 2. The molecule has 1 aliphatic rings. The SMILES string of the molecule is Cc1cc(C(=O)NC[C@H]2CCC(=O)N(C)[C@@H]2c2nccn2C)cnn1. The Morgan fingerprint density at radius 1 is 1.40 bits per heavy atom. The number of amides is 2. The van der Waals surface area contributed by atoms with Crippen molar-refractivity contribution in [2.45, 2.75) is 25.8 Å². The highest BCUT2D eigenvalue weighted by Gasteiger charge is 2.37. The van der Waals surface area contributed by atoms with Gasteiger partial charge < -0.3 is 14.8 Å². The van der Waals surface area contributed by atoms with E-state index in [1.165, 1.54) is 6.20 Å². The summed E-state index contributed by atoms with van der Waals surface area (Å²) in [5.74, 6) is 0.848. The number of hydrogen-bond donors (Lipinski definition) is 1. The van der Waals surface area contributed by atoms with Gasteiger partial charge >= 0.3 is 0 Å². The van der Waals surface area contributed by atoms with Crippen molar-refractivity contribution in [1.29, 1.82) is 0 Å². The van der Waals surface area contributed by atoms with Crippen LogP contribution in [0.15, 0.2) is 24.7 Å². The highest BCUT2D eigenvalue weighted by Crippen LogP contribution is 2.34. The summed E-state index contributed by atoms with van der Waals surface area (Å²) in [6, 6.07) is 1.55. The first-order valence-electron chi connectivity index (χ1n) is 8.27. The predicted molar refractivity (Wildman–Crippen MR) is 90.5 cm³/mol. The quantitative estimate of drug-likeness (QED) is 0.889. The van der Waals surface area contributed by atoms with Crippen molar-refractivity contribution in [2.24, 2.45) is 13.0 Å². The van der Waals surface area contributed by atoms with Crippen LogP contribution < -0.4 is 5.32 Å². The van der Waals surface area contributed by atoms with E-state index in [4.69, 9.17) is 0 Å². The summed E-state index contributed by atoms with van der Waals surface area (Å²) in [5, 5.41) is 10.6. The fourth-order valence-electron chi connectivity index (χ4n) is 3.30. The molecule has 132 valence electrons. The summed E-state index contributed by atoms with van der Waals surface area (Å²) in [5.41, 5.74) is 1.18. The molecule has 2 aromatic heterocycles. The number of piperidine rings is 1. The molecule has 1 aliphatic heterocycles. The molecule has 2 amide bonds. The summed E-state index contributed by atoms with van der Waals surface area (Å²) in [7, 11) is 3.71. The highest BCUT2D eigenvalue weighted by atomic mass is 16.2. The summed E-state index contributed by atoms with van der Waals surface area (Å²) in [6.07, 6.45) is 6.24. The fourth-order valence-corrected chi connectivity index (χ4v) is 3.30. The number of aromatic nitrogens is 4. The second-order valence-electron chi connectivity index (χ2n) is 6.44. The van der Waals surface area contributed by atoms with Gasteiger partial charge in [-0.2, -0.15) is 10.2 Å². The van der Waals surface area contributed by atoms with Crippen molar-refractivity contribution < 1.29 is 9.59 Å². The van der Waals surface area contributed by atoms with Crippen molar-refractivity contribution in [3.8, 4) is 0 Å². The zero-order valence-corrected chi connectivity index (χ0v) is 14.6. The summed E-state index contributed by atoms with van der Waals surface area (Å²) in [6.45, 7) is 2.26. The van der Waals surface area contributed by atoms with Crippen LogP contribution in [-0.4, -0.2) is 50.1 Å². The van der Waals surface area contributed by atoms with Crippen LogP contribution in [0.4, 0.5) is 0 Å². The zero-order chi connectivity index (χ0) is 18.0. The second-order valence-corrected chi connectivity index (χ2v) is 6.44. The lowest BCUT2D eigenvalue weighted by Gasteiger charge is -2.38. The third kappa shape index (κ3) is 3.52. The van der Waals surface area contributed by atoms with Gasteiger partial charge in [0.25, 0.3) is 5.91 Å². The molecule has 0 saturated carbocycles. The third-order valence-electron chi connectivity index (χ3n) is 4.67.